The summed E-state index contributed by atoms with van der Waals surface area (Å²) in [4.78, 5) is 19.6. The van der Waals surface area contributed by atoms with Crippen LogP contribution in [0, 0.1) is 6.92 Å². The minimum atomic E-state index is 0.140. The van der Waals surface area contributed by atoms with Crippen molar-refractivity contribution in [2.24, 2.45) is 0 Å². The standard InChI is InChI=1S/C24H24N4O2S/c1-16-8-10-17(11-9-16)23-27-26-21(30-23)12-13-22(29)28-14-4-5-18(15-28)24-25-19-6-2-3-7-20(19)31-24/h2-3,6-11,18H,4-5,12-15H2,1H3. The minimum absolute atomic E-state index is 0.140. The quantitative estimate of drug-likeness (QED) is 0.444. The highest BCUT2D eigenvalue weighted by Crippen LogP contribution is 2.33. The van der Waals surface area contributed by atoms with Crippen molar-refractivity contribution in [3.63, 3.8) is 0 Å². The Bertz CT molecular complexity index is 1160. The number of carbonyl (C=O) groups excluding carboxylic acids is 1. The third kappa shape index (κ3) is 4.37. The Kier molecular flexibility index (Phi) is 5.51. The first-order valence-electron chi connectivity index (χ1n) is 10.7. The van der Waals surface area contributed by atoms with E-state index in [1.165, 1.54) is 10.3 Å². The lowest BCUT2D eigenvalue weighted by atomic mass is 9.98. The van der Waals surface area contributed by atoms with Crippen molar-refractivity contribution in [2.75, 3.05) is 13.1 Å². The molecule has 0 spiro atoms. The first-order valence-corrected chi connectivity index (χ1v) is 11.5. The van der Waals surface area contributed by atoms with Crippen LogP contribution in [0.25, 0.3) is 21.7 Å². The molecular formula is C24H24N4O2S. The van der Waals surface area contributed by atoms with Crippen molar-refractivity contribution >= 4 is 27.5 Å². The molecule has 158 valence electrons. The summed E-state index contributed by atoms with van der Waals surface area (Å²) in [6.07, 6.45) is 2.92. The zero-order valence-corrected chi connectivity index (χ0v) is 18.3. The minimum Gasteiger partial charge on any atom is -0.421 e. The van der Waals surface area contributed by atoms with E-state index < -0.39 is 0 Å². The van der Waals surface area contributed by atoms with Crippen molar-refractivity contribution in [1.82, 2.24) is 20.1 Å². The molecule has 0 radical (unpaired) electrons. The van der Waals surface area contributed by atoms with E-state index in [-0.39, 0.29) is 5.91 Å². The molecule has 2 aromatic heterocycles. The van der Waals surface area contributed by atoms with Gasteiger partial charge in [0.25, 0.3) is 0 Å². The smallest absolute Gasteiger partial charge is 0.247 e. The van der Waals surface area contributed by atoms with E-state index in [0.29, 0.717) is 30.5 Å². The highest BCUT2D eigenvalue weighted by atomic mass is 32.1. The number of aromatic nitrogens is 3. The second-order valence-electron chi connectivity index (χ2n) is 8.07. The van der Waals surface area contributed by atoms with E-state index in [4.69, 9.17) is 9.40 Å². The number of amides is 1. The molecule has 1 atom stereocenters. The Morgan fingerprint density at radius 3 is 2.84 bits per heavy atom. The lowest BCUT2D eigenvalue weighted by Crippen LogP contribution is -2.39. The number of thiazole rings is 1. The zero-order chi connectivity index (χ0) is 21.2. The molecule has 1 amide bonds. The number of hydrogen-bond acceptors (Lipinski definition) is 6. The van der Waals surface area contributed by atoms with Gasteiger partial charge in [0.2, 0.25) is 17.7 Å². The van der Waals surface area contributed by atoms with E-state index in [2.05, 4.69) is 22.3 Å². The summed E-state index contributed by atoms with van der Waals surface area (Å²) in [5, 5.41) is 9.39. The Labute approximate surface area is 184 Å². The van der Waals surface area contributed by atoms with Gasteiger partial charge in [-0.15, -0.1) is 21.5 Å². The molecule has 1 aliphatic rings. The zero-order valence-electron chi connectivity index (χ0n) is 17.5. The Morgan fingerprint density at radius 1 is 1.16 bits per heavy atom. The molecule has 7 heteroatoms. The first kappa shape index (κ1) is 19.9. The van der Waals surface area contributed by atoms with Crippen LogP contribution < -0.4 is 0 Å². The number of nitrogens with zero attached hydrogens (tertiary/aromatic N) is 4. The second kappa shape index (κ2) is 8.59. The van der Waals surface area contributed by atoms with E-state index >= 15 is 0 Å². The van der Waals surface area contributed by atoms with Crippen LogP contribution in [0.4, 0.5) is 0 Å². The highest BCUT2D eigenvalue weighted by Gasteiger charge is 2.27. The van der Waals surface area contributed by atoms with Crippen LogP contribution in [-0.4, -0.2) is 39.1 Å². The van der Waals surface area contributed by atoms with Crippen LogP contribution in [0.1, 0.15) is 41.6 Å². The van der Waals surface area contributed by atoms with Gasteiger partial charge in [-0.05, 0) is 44.0 Å². The molecular weight excluding hydrogens is 408 g/mol. The van der Waals surface area contributed by atoms with Gasteiger partial charge in [-0.3, -0.25) is 4.79 Å². The summed E-state index contributed by atoms with van der Waals surface area (Å²) < 4.78 is 6.98. The predicted octanol–water partition coefficient (Wildman–Crippen LogP) is 4.99. The summed E-state index contributed by atoms with van der Waals surface area (Å²) in [6.45, 7) is 3.58. The van der Waals surface area contributed by atoms with Crippen LogP contribution in [-0.2, 0) is 11.2 Å². The molecule has 0 bridgehead atoms. The van der Waals surface area contributed by atoms with Crippen molar-refractivity contribution in [3.05, 3.63) is 65.0 Å². The molecule has 6 nitrogen and oxygen atoms in total. The highest BCUT2D eigenvalue weighted by molar-refractivity contribution is 7.18. The lowest BCUT2D eigenvalue weighted by molar-refractivity contribution is -0.132. The molecule has 1 unspecified atom stereocenters. The Morgan fingerprint density at radius 2 is 2.00 bits per heavy atom. The fraction of sp³-hybridized carbons (Fsp3) is 0.333. The predicted molar refractivity (Wildman–Crippen MR) is 121 cm³/mol. The molecule has 1 aliphatic heterocycles. The van der Waals surface area contributed by atoms with E-state index in [9.17, 15) is 4.79 Å². The molecule has 1 fully saturated rings. The van der Waals surface area contributed by atoms with Crippen LogP contribution in [0.5, 0.6) is 0 Å². The van der Waals surface area contributed by atoms with Crippen LogP contribution in [0.15, 0.2) is 52.9 Å². The van der Waals surface area contributed by atoms with Crippen molar-refractivity contribution in [3.8, 4) is 11.5 Å². The van der Waals surface area contributed by atoms with Crippen LogP contribution in [0.3, 0.4) is 0 Å². The lowest BCUT2D eigenvalue weighted by Gasteiger charge is -2.31. The summed E-state index contributed by atoms with van der Waals surface area (Å²) in [5.74, 6) is 1.45. The average molecular weight is 433 g/mol. The van der Waals surface area contributed by atoms with Gasteiger partial charge in [0.15, 0.2) is 0 Å². The molecule has 3 heterocycles. The maximum atomic E-state index is 12.9. The molecule has 2 aromatic carbocycles. The molecule has 0 aliphatic carbocycles. The maximum Gasteiger partial charge on any atom is 0.247 e. The normalized spacial score (nSPS) is 16.7. The van der Waals surface area contributed by atoms with Crippen LogP contribution >= 0.6 is 11.3 Å². The molecule has 5 rings (SSSR count). The number of hydrogen-bond donors (Lipinski definition) is 0. The topological polar surface area (TPSA) is 72.1 Å². The first-order chi connectivity index (χ1) is 15.2. The van der Waals surface area contributed by atoms with E-state index in [0.717, 1.165) is 42.0 Å². The van der Waals surface area contributed by atoms with Gasteiger partial charge >= 0.3 is 0 Å². The molecule has 0 N–H and O–H groups in total. The monoisotopic (exact) mass is 432 g/mol. The summed E-state index contributed by atoms with van der Waals surface area (Å²) >= 11 is 1.75. The van der Waals surface area contributed by atoms with Gasteiger partial charge in [-0.2, -0.15) is 0 Å². The number of likely N-dealkylation sites (tertiary alicyclic amines) is 1. The number of rotatable bonds is 5. The molecule has 4 aromatic rings. The van der Waals surface area contributed by atoms with Gasteiger partial charge < -0.3 is 9.32 Å². The third-order valence-corrected chi connectivity index (χ3v) is 6.95. The fourth-order valence-electron chi connectivity index (χ4n) is 4.01. The van der Waals surface area contributed by atoms with E-state index in [1.54, 1.807) is 11.3 Å². The van der Waals surface area contributed by atoms with Crippen molar-refractivity contribution < 1.29 is 9.21 Å². The number of aryl methyl sites for hydroxylation is 2. The third-order valence-electron chi connectivity index (χ3n) is 5.75. The van der Waals surface area contributed by atoms with Gasteiger partial charge in [0.05, 0.1) is 15.2 Å². The van der Waals surface area contributed by atoms with Crippen LogP contribution in [0.2, 0.25) is 0 Å². The number of para-hydroxylation sites is 1. The molecule has 0 saturated carbocycles. The summed E-state index contributed by atoms with van der Waals surface area (Å²) in [7, 11) is 0. The molecule has 31 heavy (non-hydrogen) atoms. The number of carbonyl (C=O) groups is 1. The van der Waals surface area contributed by atoms with Gasteiger partial charge in [-0.1, -0.05) is 29.8 Å². The van der Waals surface area contributed by atoms with E-state index in [1.807, 2.05) is 48.2 Å². The summed E-state index contributed by atoms with van der Waals surface area (Å²) in [5.41, 5.74) is 3.12. The molecule has 1 saturated heterocycles. The number of benzene rings is 2. The summed E-state index contributed by atoms with van der Waals surface area (Å²) in [6, 6.07) is 16.2. The van der Waals surface area contributed by atoms with Gasteiger partial charge in [-0.25, -0.2) is 4.98 Å². The average Bonchev–Trinajstić information content (AvgIpc) is 3.45. The van der Waals surface area contributed by atoms with Crippen molar-refractivity contribution in [1.29, 1.82) is 0 Å². The number of fused-ring (bicyclic) bond motifs is 1. The Balaban J connectivity index is 1.20. The van der Waals surface area contributed by atoms with Gasteiger partial charge in [0.1, 0.15) is 0 Å². The second-order valence-corrected chi connectivity index (χ2v) is 9.13. The Hall–Kier alpha value is -3.06. The maximum absolute atomic E-state index is 12.9. The van der Waals surface area contributed by atoms with Crippen molar-refractivity contribution in [2.45, 2.75) is 38.5 Å². The van der Waals surface area contributed by atoms with Gasteiger partial charge in [0, 0.05) is 37.4 Å². The largest absolute Gasteiger partial charge is 0.421 e. The fourth-order valence-corrected chi connectivity index (χ4v) is 5.10. The number of piperidine rings is 1. The SMILES string of the molecule is Cc1ccc(-c2nnc(CCC(=O)N3CCCC(c4nc5ccccc5s4)C3)o2)cc1.